The number of Topliss-reactive ketones (excluding diaryl/α,β-unsaturated/α-hetero) is 1. The fourth-order valence-electron chi connectivity index (χ4n) is 3.77. The van der Waals surface area contributed by atoms with Crippen molar-refractivity contribution in [2.75, 3.05) is 13.2 Å². The van der Waals surface area contributed by atoms with Gasteiger partial charge in [0.2, 0.25) is 23.4 Å². The minimum Gasteiger partial charge on any atom is -0.479 e. The summed E-state index contributed by atoms with van der Waals surface area (Å²) in [7, 11) is 0. The Hall–Kier alpha value is -3.38. The van der Waals surface area contributed by atoms with Gasteiger partial charge in [-0.1, -0.05) is 13.8 Å². The maximum absolute atomic E-state index is 14.0. The van der Waals surface area contributed by atoms with Crippen LogP contribution in [-0.4, -0.2) is 54.5 Å². The molecule has 38 heavy (non-hydrogen) atoms. The first-order valence-electron chi connectivity index (χ1n) is 12.1. The van der Waals surface area contributed by atoms with Gasteiger partial charge in [-0.05, 0) is 46.0 Å². The molecule has 1 aromatic rings. The molecule has 0 spiro atoms. The number of ether oxygens (including phenoxy) is 2. The molecule has 212 valence electrons. The Bertz CT molecular complexity index is 1030. The molecular formula is C25H33F4N3O6. The predicted octanol–water partition coefficient (Wildman–Crippen LogP) is 3.14. The highest BCUT2D eigenvalue weighted by atomic mass is 19.2. The van der Waals surface area contributed by atoms with E-state index in [1.165, 1.54) is 0 Å². The van der Waals surface area contributed by atoms with E-state index in [1.54, 1.807) is 34.6 Å². The molecule has 0 radical (unpaired) electrons. The van der Waals surface area contributed by atoms with E-state index in [0.717, 1.165) is 0 Å². The van der Waals surface area contributed by atoms with Gasteiger partial charge >= 0.3 is 6.09 Å². The Balaban J connectivity index is 2.22. The predicted molar refractivity (Wildman–Crippen MR) is 127 cm³/mol. The summed E-state index contributed by atoms with van der Waals surface area (Å²) in [5.41, 5.74) is -0.838. The topological polar surface area (TPSA) is 123 Å². The van der Waals surface area contributed by atoms with Gasteiger partial charge in [0.25, 0.3) is 0 Å². The highest BCUT2D eigenvalue weighted by molar-refractivity contribution is 5.93. The fraction of sp³-hybridized carbons (Fsp3) is 0.600. The van der Waals surface area contributed by atoms with Gasteiger partial charge in [0.05, 0.1) is 6.04 Å². The summed E-state index contributed by atoms with van der Waals surface area (Å²) in [5, 5.41) is 7.53. The van der Waals surface area contributed by atoms with Gasteiger partial charge in [0.15, 0.2) is 23.2 Å². The third kappa shape index (κ3) is 8.88. The lowest BCUT2D eigenvalue weighted by Gasteiger charge is -2.26. The van der Waals surface area contributed by atoms with Crippen molar-refractivity contribution in [1.29, 1.82) is 0 Å². The number of hydrogen-bond donors (Lipinski definition) is 3. The summed E-state index contributed by atoms with van der Waals surface area (Å²) < 4.78 is 64.9. The summed E-state index contributed by atoms with van der Waals surface area (Å²) in [6, 6.07) is -2.50. The number of hydrogen-bond acceptors (Lipinski definition) is 6. The van der Waals surface area contributed by atoms with E-state index in [9.17, 15) is 36.7 Å². The van der Waals surface area contributed by atoms with Crippen LogP contribution in [0.25, 0.3) is 0 Å². The molecule has 13 heteroatoms. The van der Waals surface area contributed by atoms with Crippen LogP contribution in [0.15, 0.2) is 6.07 Å². The van der Waals surface area contributed by atoms with Crippen molar-refractivity contribution in [3.05, 3.63) is 29.3 Å². The highest BCUT2D eigenvalue weighted by Gasteiger charge is 2.34. The molecule has 2 rings (SSSR count). The molecule has 1 aliphatic rings. The zero-order valence-electron chi connectivity index (χ0n) is 21.9. The largest absolute Gasteiger partial charge is 0.479 e. The SMILES string of the molecule is CC(C)C[C@H](NC(=O)OC(C)(C)C)C(=O)N[C@@H](C[C@@H]1CCNC1=O)C(=O)COc1c(F)c(F)cc(F)c1F. The zero-order valence-corrected chi connectivity index (χ0v) is 21.9. The lowest BCUT2D eigenvalue weighted by molar-refractivity contribution is -0.131. The molecular weight excluding hydrogens is 514 g/mol. The molecule has 1 aliphatic heterocycles. The van der Waals surface area contributed by atoms with E-state index in [-0.39, 0.29) is 30.7 Å². The van der Waals surface area contributed by atoms with Gasteiger partial charge in [0, 0.05) is 18.5 Å². The molecule has 3 N–H and O–H groups in total. The summed E-state index contributed by atoms with van der Waals surface area (Å²) in [4.78, 5) is 50.5. The first-order valence-corrected chi connectivity index (χ1v) is 12.1. The van der Waals surface area contributed by atoms with Crippen LogP contribution >= 0.6 is 0 Å². The second-order valence-corrected chi connectivity index (χ2v) is 10.5. The molecule has 1 fully saturated rings. The highest BCUT2D eigenvalue weighted by Crippen LogP contribution is 2.27. The number of nitrogens with one attached hydrogen (secondary N) is 3. The van der Waals surface area contributed by atoms with Crippen molar-refractivity contribution in [3.63, 3.8) is 0 Å². The molecule has 1 saturated heterocycles. The van der Waals surface area contributed by atoms with Crippen molar-refractivity contribution < 1.29 is 46.2 Å². The minimum absolute atomic E-state index is 0.00634. The van der Waals surface area contributed by atoms with E-state index in [4.69, 9.17) is 9.47 Å². The van der Waals surface area contributed by atoms with Crippen molar-refractivity contribution >= 4 is 23.7 Å². The van der Waals surface area contributed by atoms with Crippen LogP contribution in [0.5, 0.6) is 5.75 Å². The number of amides is 3. The Kier molecular flexibility index (Phi) is 10.5. The molecule has 0 aromatic heterocycles. The summed E-state index contributed by atoms with van der Waals surface area (Å²) in [5.74, 6) is -11.3. The third-order valence-electron chi connectivity index (χ3n) is 5.53. The Morgan fingerprint density at radius 3 is 2.16 bits per heavy atom. The lowest BCUT2D eigenvalue weighted by Crippen LogP contribution is -2.53. The molecule has 1 heterocycles. The number of carbonyl (C=O) groups is 4. The van der Waals surface area contributed by atoms with Gasteiger partial charge in [-0.2, -0.15) is 8.78 Å². The number of alkyl carbamates (subject to hydrolysis) is 1. The van der Waals surface area contributed by atoms with E-state index in [1.807, 2.05) is 0 Å². The summed E-state index contributed by atoms with van der Waals surface area (Å²) >= 11 is 0. The maximum Gasteiger partial charge on any atom is 0.408 e. The monoisotopic (exact) mass is 547 g/mol. The Morgan fingerprint density at radius 1 is 1.05 bits per heavy atom. The number of rotatable bonds is 11. The Labute approximate surface area is 218 Å². The first kappa shape index (κ1) is 30.8. The van der Waals surface area contributed by atoms with Crippen LogP contribution in [0, 0.1) is 35.1 Å². The van der Waals surface area contributed by atoms with Crippen LogP contribution in [-0.2, 0) is 19.1 Å². The molecule has 9 nitrogen and oxygen atoms in total. The number of halogens is 4. The normalized spacial score (nSPS) is 17.0. The smallest absolute Gasteiger partial charge is 0.408 e. The van der Waals surface area contributed by atoms with Crippen LogP contribution < -0.4 is 20.7 Å². The van der Waals surface area contributed by atoms with Gasteiger partial charge < -0.3 is 25.4 Å². The minimum atomic E-state index is -1.83. The lowest BCUT2D eigenvalue weighted by atomic mass is 9.95. The average molecular weight is 548 g/mol. The Morgan fingerprint density at radius 2 is 1.66 bits per heavy atom. The van der Waals surface area contributed by atoms with Crippen LogP contribution in [0.1, 0.15) is 53.9 Å². The van der Waals surface area contributed by atoms with E-state index in [0.29, 0.717) is 13.0 Å². The molecule has 0 unspecified atom stereocenters. The second kappa shape index (κ2) is 12.9. The maximum atomic E-state index is 14.0. The molecule has 0 saturated carbocycles. The summed E-state index contributed by atoms with van der Waals surface area (Å²) in [6.45, 7) is 7.81. The molecule has 0 bridgehead atoms. The van der Waals surface area contributed by atoms with E-state index in [2.05, 4.69) is 16.0 Å². The van der Waals surface area contributed by atoms with Crippen LogP contribution in [0.3, 0.4) is 0 Å². The van der Waals surface area contributed by atoms with E-state index >= 15 is 0 Å². The van der Waals surface area contributed by atoms with Crippen molar-refractivity contribution in [2.24, 2.45) is 11.8 Å². The van der Waals surface area contributed by atoms with Crippen molar-refractivity contribution in [3.8, 4) is 5.75 Å². The van der Waals surface area contributed by atoms with Gasteiger partial charge in [-0.3, -0.25) is 14.4 Å². The van der Waals surface area contributed by atoms with E-state index < -0.39 is 77.0 Å². The van der Waals surface area contributed by atoms with Crippen molar-refractivity contribution in [1.82, 2.24) is 16.0 Å². The zero-order chi connectivity index (χ0) is 28.8. The third-order valence-corrected chi connectivity index (χ3v) is 5.53. The van der Waals surface area contributed by atoms with Gasteiger partial charge in [-0.25, -0.2) is 13.6 Å². The molecule has 3 amide bonds. The standard InChI is InChI=1S/C25H33F4N3O6/c1-12(2)8-17(32-24(36)38-25(3,4)5)23(35)31-16(9-13-6-7-30-22(13)34)18(33)11-37-21-19(28)14(26)10-15(27)20(21)29/h10,12-13,16-17H,6-9,11H2,1-5H3,(H,30,34)(H,31,35)(H,32,36)/t13-,16-,17-/m0/s1. The van der Waals surface area contributed by atoms with Gasteiger partial charge in [-0.15, -0.1) is 0 Å². The van der Waals surface area contributed by atoms with Crippen LogP contribution in [0.4, 0.5) is 22.4 Å². The quantitative estimate of drug-likeness (QED) is 0.289. The number of benzene rings is 1. The summed E-state index contributed by atoms with van der Waals surface area (Å²) in [6.07, 6.45) is -0.503. The van der Waals surface area contributed by atoms with Crippen molar-refractivity contribution in [2.45, 2.75) is 71.6 Å². The first-order chi connectivity index (χ1) is 17.6. The molecule has 1 aromatic carbocycles. The van der Waals surface area contributed by atoms with Crippen LogP contribution in [0.2, 0.25) is 0 Å². The second-order valence-electron chi connectivity index (χ2n) is 10.5. The molecule has 0 aliphatic carbocycles. The number of ketones is 1. The molecule has 3 atom stereocenters. The van der Waals surface area contributed by atoms with Gasteiger partial charge in [0.1, 0.15) is 18.2 Å². The fourth-order valence-corrected chi connectivity index (χ4v) is 3.77. The number of carbonyl (C=O) groups excluding carboxylic acids is 4. The average Bonchev–Trinajstić information content (AvgIpc) is 3.19.